The second-order valence-electron chi connectivity index (χ2n) is 3.07. The Kier molecular flexibility index (Phi) is 1.30. The van der Waals surface area contributed by atoms with E-state index in [9.17, 15) is 0 Å². The lowest BCUT2D eigenvalue weighted by Gasteiger charge is -2.35. The van der Waals surface area contributed by atoms with Crippen molar-refractivity contribution in [3.05, 3.63) is 0 Å². The Balaban J connectivity index is 2.03. The van der Waals surface area contributed by atoms with Crippen molar-refractivity contribution < 1.29 is 0 Å². The summed E-state index contributed by atoms with van der Waals surface area (Å²) >= 11 is 0. The number of fused-ring (bicyclic) bond motifs is 3. The van der Waals surface area contributed by atoms with Gasteiger partial charge in [-0.25, -0.2) is 0 Å². The largest absolute Gasteiger partial charge is 0.107 e. The van der Waals surface area contributed by atoms with Gasteiger partial charge in [-0.2, -0.15) is 0 Å². The summed E-state index contributed by atoms with van der Waals surface area (Å²) in [6, 6.07) is 0. The summed E-state index contributed by atoms with van der Waals surface area (Å²) in [5.74, 6) is 1.17. The molecule has 0 aliphatic carbocycles. The molecule has 0 N–H and O–H groups in total. The standard InChI is InChI=1S/C7H13P/c1-4-8-5-2-7(1)3-6-8/h7H,1-6H2. The average Bonchev–Trinajstić information content (AvgIpc) is 1.92. The fourth-order valence-corrected chi connectivity index (χ4v) is 4.73. The highest BCUT2D eigenvalue weighted by atomic mass is 31.1. The highest BCUT2D eigenvalue weighted by Gasteiger charge is 2.26. The van der Waals surface area contributed by atoms with Crippen LogP contribution in [0.25, 0.3) is 0 Å². The molecule has 3 rings (SSSR count). The van der Waals surface area contributed by atoms with Crippen LogP contribution in [-0.4, -0.2) is 18.5 Å². The van der Waals surface area contributed by atoms with Gasteiger partial charge in [0.2, 0.25) is 0 Å². The first kappa shape index (κ1) is 5.23. The Hall–Kier alpha value is 0.430. The molecular weight excluding hydrogens is 115 g/mol. The summed E-state index contributed by atoms with van der Waals surface area (Å²) in [5.41, 5.74) is 0. The minimum atomic E-state index is 0.596. The Labute approximate surface area is 52.4 Å². The van der Waals surface area contributed by atoms with Gasteiger partial charge in [0.15, 0.2) is 0 Å². The zero-order valence-corrected chi connectivity index (χ0v) is 6.16. The van der Waals surface area contributed by atoms with Crippen LogP contribution in [-0.2, 0) is 0 Å². The Morgan fingerprint density at radius 2 is 1.38 bits per heavy atom. The van der Waals surface area contributed by atoms with Crippen LogP contribution in [0.1, 0.15) is 19.3 Å². The summed E-state index contributed by atoms with van der Waals surface area (Å²) in [6.45, 7) is 0. The maximum absolute atomic E-state index is 1.62. The third kappa shape index (κ3) is 0.796. The topological polar surface area (TPSA) is 0 Å². The van der Waals surface area contributed by atoms with Crippen molar-refractivity contribution in [1.82, 2.24) is 0 Å². The highest BCUT2D eigenvalue weighted by molar-refractivity contribution is 7.57. The van der Waals surface area contributed by atoms with Gasteiger partial charge in [0.25, 0.3) is 0 Å². The maximum Gasteiger partial charge on any atom is -0.0323 e. The highest BCUT2D eigenvalue weighted by Crippen LogP contribution is 2.50. The molecule has 1 heteroatoms. The Bertz CT molecular complexity index is 59.4. The van der Waals surface area contributed by atoms with Crippen molar-refractivity contribution in [3.63, 3.8) is 0 Å². The van der Waals surface area contributed by atoms with Crippen molar-refractivity contribution in [2.24, 2.45) is 5.92 Å². The fourth-order valence-electron chi connectivity index (χ4n) is 1.86. The minimum absolute atomic E-state index is 0.596. The van der Waals surface area contributed by atoms with E-state index in [2.05, 4.69) is 0 Å². The quantitative estimate of drug-likeness (QED) is 0.439. The third-order valence-electron chi connectivity index (χ3n) is 2.56. The van der Waals surface area contributed by atoms with Crippen LogP contribution in [0.2, 0.25) is 0 Å². The van der Waals surface area contributed by atoms with Crippen molar-refractivity contribution >= 4 is 7.92 Å². The summed E-state index contributed by atoms with van der Waals surface area (Å²) in [4.78, 5) is 0. The van der Waals surface area contributed by atoms with Gasteiger partial charge in [-0.05, 0) is 43.7 Å². The van der Waals surface area contributed by atoms with Crippen LogP contribution in [0, 0.1) is 5.92 Å². The zero-order valence-electron chi connectivity index (χ0n) is 5.27. The van der Waals surface area contributed by atoms with Crippen LogP contribution in [0.3, 0.4) is 0 Å². The van der Waals surface area contributed by atoms with E-state index in [1.165, 1.54) is 5.92 Å². The SMILES string of the molecule is C1CP2CCC1CC2. The van der Waals surface area contributed by atoms with Gasteiger partial charge in [-0.1, -0.05) is 0 Å². The van der Waals surface area contributed by atoms with Gasteiger partial charge in [0.05, 0.1) is 0 Å². The number of rotatable bonds is 0. The van der Waals surface area contributed by atoms with Gasteiger partial charge in [0, 0.05) is 0 Å². The van der Waals surface area contributed by atoms with Crippen molar-refractivity contribution in [1.29, 1.82) is 0 Å². The maximum atomic E-state index is 1.62. The molecule has 46 valence electrons. The number of hydrogen-bond donors (Lipinski definition) is 0. The molecule has 3 fully saturated rings. The Morgan fingerprint density at radius 3 is 1.50 bits per heavy atom. The normalized spacial score (nSPS) is 45.0. The number of hydrogen-bond acceptors (Lipinski definition) is 0. The minimum Gasteiger partial charge on any atom is -0.107 e. The lowest BCUT2D eigenvalue weighted by Crippen LogP contribution is -2.20. The average molecular weight is 128 g/mol. The second-order valence-corrected chi connectivity index (χ2v) is 5.76. The molecule has 0 saturated carbocycles. The van der Waals surface area contributed by atoms with E-state index < -0.39 is 0 Å². The van der Waals surface area contributed by atoms with Gasteiger partial charge in [-0.3, -0.25) is 0 Å². The van der Waals surface area contributed by atoms with E-state index in [1.807, 2.05) is 0 Å². The molecule has 0 aromatic carbocycles. The molecule has 0 aromatic heterocycles. The van der Waals surface area contributed by atoms with Crippen LogP contribution >= 0.6 is 7.92 Å². The van der Waals surface area contributed by atoms with Crippen molar-refractivity contribution in [3.8, 4) is 0 Å². The molecule has 3 heterocycles. The molecule has 0 unspecified atom stereocenters. The predicted octanol–water partition coefficient (Wildman–Crippen LogP) is 2.28. The monoisotopic (exact) mass is 128 g/mol. The molecule has 0 aromatic rings. The lowest BCUT2D eigenvalue weighted by atomic mass is 9.99. The van der Waals surface area contributed by atoms with E-state index in [1.54, 1.807) is 37.7 Å². The molecule has 0 radical (unpaired) electrons. The van der Waals surface area contributed by atoms with Crippen molar-refractivity contribution in [2.75, 3.05) is 18.5 Å². The van der Waals surface area contributed by atoms with Crippen LogP contribution in [0.15, 0.2) is 0 Å². The first-order valence-electron chi connectivity index (χ1n) is 3.67. The smallest absolute Gasteiger partial charge is 0.0323 e. The van der Waals surface area contributed by atoms with Gasteiger partial charge < -0.3 is 0 Å². The van der Waals surface area contributed by atoms with E-state index in [-0.39, 0.29) is 0 Å². The molecule has 3 saturated heterocycles. The molecular formula is C7H13P. The van der Waals surface area contributed by atoms with E-state index >= 15 is 0 Å². The second kappa shape index (κ2) is 1.99. The fraction of sp³-hybridized carbons (Fsp3) is 1.00. The summed E-state index contributed by atoms with van der Waals surface area (Å²) in [5, 5.41) is 0. The first-order chi connectivity index (χ1) is 3.95. The van der Waals surface area contributed by atoms with Crippen LogP contribution in [0.4, 0.5) is 0 Å². The lowest BCUT2D eigenvalue weighted by molar-refractivity contribution is 0.449. The summed E-state index contributed by atoms with van der Waals surface area (Å²) in [6.07, 6.45) is 9.64. The molecule has 0 amide bonds. The van der Waals surface area contributed by atoms with E-state index in [4.69, 9.17) is 0 Å². The molecule has 8 heavy (non-hydrogen) atoms. The van der Waals surface area contributed by atoms with Crippen LogP contribution in [0.5, 0.6) is 0 Å². The third-order valence-corrected chi connectivity index (χ3v) is 5.23. The van der Waals surface area contributed by atoms with Crippen molar-refractivity contribution in [2.45, 2.75) is 19.3 Å². The predicted molar refractivity (Wildman–Crippen MR) is 38.9 cm³/mol. The van der Waals surface area contributed by atoms with E-state index in [0.717, 1.165) is 0 Å². The molecule has 3 aliphatic rings. The van der Waals surface area contributed by atoms with E-state index in [0.29, 0.717) is 7.92 Å². The van der Waals surface area contributed by atoms with Gasteiger partial charge >= 0.3 is 0 Å². The first-order valence-corrected chi connectivity index (χ1v) is 5.57. The molecule has 0 spiro atoms. The molecule has 0 atom stereocenters. The van der Waals surface area contributed by atoms with Gasteiger partial charge in [-0.15, -0.1) is 7.92 Å². The zero-order chi connectivity index (χ0) is 5.40. The summed E-state index contributed by atoms with van der Waals surface area (Å²) < 4.78 is 0. The van der Waals surface area contributed by atoms with Gasteiger partial charge in [0.1, 0.15) is 0 Å². The van der Waals surface area contributed by atoms with Crippen LogP contribution < -0.4 is 0 Å². The Morgan fingerprint density at radius 1 is 0.875 bits per heavy atom. The molecule has 0 nitrogen and oxygen atoms in total. The summed E-state index contributed by atoms with van der Waals surface area (Å²) in [7, 11) is 0.596. The molecule has 2 bridgehead atoms. The molecule has 3 aliphatic heterocycles.